The minimum Gasteiger partial charge on any atom is -0.373 e. The molecule has 1 aliphatic heterocycles. The smallest absolute Gasteiger partial charge is 0.225 e. The van der Waals surface area contributed by atoms with Crippen LogP contribution in [0.1, 0.15) is 17.7 Å². The van der Waals surface area contributed by atoms with Crippen LogP contribution in [0, 0.1) is 0 Å². The highest BCUT2D eigenvalue weighted by atomic mass is 32.1. The molecule has 1 aromatic rings. The number of aliphatic hydroxyl groups is 1. The molecule has 1 fully saturated rings. The SMILES string of the molecule is O=C1CCC(O)N1Cc1cccs1. The molecule has 2 rings (SSSR count). The highest BCUT2D eigenvalue weighted by molar-refractivity contribution is 7.09. The zero-order valence-corrected chi connectivity index (χ0v) is 7.96. The van der Waals surface area contributed by atoms with Gasteiger partial charge in [0.2, 0.25) is 5.91 Å². The normalized spacial score (nSPS) is 22.7. The maximum atomic E-state index is 11.3. The first-order valence-corrected chi connectivity index (χ1v) is 5.15. The number of likely N-dealkylation sites (tertiary alicyclic amines) is 1. The molecule has 0 aliphatic carbocycles. The molecule has 4 heteroatoms. The minimum atomic E-state index is -0.574. The van der Waals surface area contributed by atoms with Crippen molar-refractivity contribution in [2.45, 2.75) is 25.6 Å². The van der Waals surface area contributed by atoms with E-state index in [1.165, 1.54) is 4.90 Å². The molecule has 1 unspecified atom stereocenters. The minimum absolute atomic E-state index is 0.0564. The van der Waals surface area contributed by atoms with E-state index in [1.54, 1.807) is 11.3 Å². The van der Waals surface area contributed by atoms with Gasteiger partial charge in [0.1, 0.15) is 6.23 Å². The van der Waals surface area contributed by atoms with Crippen molar-refractivity contribution >= 4 is 17.2 Å². The summed E-state index contributed by atoms with van der Waals surface area (Å²) in [4.78, 5) is 13.9. The molecular formula is C9H11NO2S. The van der Waals surface area contributed by atoms with E-state index in [0.717, 1.165) is 4.88 Å². The average molecular weight is 197 g/mol. The van der Waals surface area contributed by atoms with Crippen molar-refractivity contribution < 1.29 is 9.90 Å². The molecule has 1 aliphatic rings. The van der Waals surface area contributed by atoms with E-state index in [9.17, 15) is 9.90 Å². The second-order valence-corrected chi connectivity index (χ2v) is 4.15. The van der Waals surface area contributed by atoms with Crippen LogP contribution in [-0.2, 0) is 11.3 Å². The summed E-state index contributed by atoms with van der Waals surface area (Å²) in [5.41, 5.74) is 0. The highest BCUT2D eigenvalue weighted by Gasteiger charge is 2.28. The first-order valence-electron chi connectivity index (χ1n) is 4.27. The van der Waals surface area contributed by atoms with Crippen LogP contribution in [0.2, 0.25) is 0 Å². The number of carbonyl (C=O) groups is 1. The third-order valence-electron chi connectivity index (χ3n) is 2.20. The summed E-state index contributed by atoms with van der Waals surface area (Å²) >= 11 is 1.61. The standard InChI is InChI=1S/C9H11NO2S/c11-8-3-4-9(12)10(8)6-7-2-1-5-13-7/h1-2,5,8,11H,3-4,6H2. The molecule has 0 bridgehead atoms. The van der Waals surface area contributed by atoms with Crippen LogP contribution in [0.3, 0.4) is 0 Å². The van der Waals surface area contributed by atoms with E-state index in [1.807, 2.05) is 17.5 Å². The van der Waals surface area contributed by atoms with Gasteiger partial charge in [-0.05, 0) is 11.4 Å². The lowest BCUT2D eigenvalue weighted by Gasteiger charge is -2.19. The number of amides is 1. The van der Waals surface area contributed by atoms with Gasteiger partial charge in [-0.2, -0.15) is 0 Å². The van der Waals surface area contributed by atoms with Crippen LogP contribution < -0.4 is 0 Å². The summed E-state index contributed by atoms with van der Waals surface area (Å²) in [7, 11) is 0. The zero-order chi connectivity index (χ0) is 9.26. The fourth-order valence-electron chi connectivity index (χ4n) is 1.48. The number of rotatable bonds is 2. The Morgan fingerprint density at radius 2 is 2.54 bits per heavy atom. The molecule has 0 saturated carbocycles. The first-order chi connectivity index (χ1) is 6.27. The van der Waals surface area contributed by atoms with Crippen LogP contribution in [0.4, 0.5) is 0 Å². The van der Waals surface area contributed by atoms with E-state index in [-0.39, 0.29) is 5.91 Å². The Labute approximate surface area is 80.6 Å². The van der Waals surface area contributed by atoms with E-state index >= 15 is 0 Å². The van der Waals surface area contributed by atoms with E-state index in [0.29, 0.717) is 19.4 Å². The molecule has 70 valence electrons. The van der Waals surface area contributed by atoms with Crippen LogP contribution in [0.5, 0.6) is 0 Å². The first kappa shape index (κ1) is 8.72. The monoisotopic (exact) mass is 197 g/mol. The Morgan fingerprint density at radius 3 is 3.08 bits per heavy atom. The van der Waals surface area contributed by atoms with Gasteiger partial charge in [0.05, 0.1) is 6.54 Å². The maximum absolute atomic E-state index is 11.3. The van der Waals surface area contributed by atoms with Crippen LogP contribution in [-0.4, -0.2) is 22.1 Å². The van der Waals surface area contributed by atoms with Gasteiger partial charge < -0.3 is 10.0 Å². The number of hydrogen-bond acceptors (Lipinski definition) is 3. The summed E-state index contributed by atoms with van der Waals surface area (Å²) < 4.78 is 0. The largest absolute Gasteiger partial charge is 0.373 e. The number of carbonyl (C=O) groups excluding carboxylic acids is 1. The molecular weight excluding hydrogens is 186 g/mol. The van der Waals surface area contributed by atoms with Crippen molar-refractivity contribution in [2.24, 2.45) is 0 Å². The van der Waals surface area contributed by atoms with Gasteiger partial charge in [0.15, 0.2) is 0 Å². The molecule has 1 N–H and O–H groups in total. The molecule has 1 atom stereocenters. The molecule has 1 aromatic heterocycles. The molecule has 0 aromatic carbocycles. The van der Waals surface area contributed by atoms with Crippen molar-refractivity contribution in [1.29, 1.82) is 0 Å². The van der Waals surface area contributed by atoms with Gasteiger partial charge in [-0.25, -0.2) is 0 Å². The second kappa shape index (κ2) is 3.47. The Bertz CT molecular complexity index is 297. The Morgan fingerprint density at radius 1 is 1.69 bits per heavy atom. The van der Waals surface area contributed by atoms with Crippen LogP contribution in [0.25, 0.3) is 0 Å². The lowest BCUT2D eigenvalue weighted by atomic mass is 10.4. The summed E-state index contributed by atoms with van der Waals surface area (Å²) in [6.07, 6.45) is 0.478. The Balaban J connectivity index is 2.05. The molecule has 1 saturated heterocycles. The Hall–Kier alpha value is -0.870. The lowest BCUT2D eigenvalue weighted by Crippen LogP contribution is -2.31. The van der Waals surface area contributed by atoms with Crippen LogP contribution in [0.15, 0.2) is 17.5 Å². The predicted octanol–water partition coefficient (Wildman–Crippen LogP) is 1.19. The summed E-state index contributed by atoms with van der Waals surface area (Å²) in [6.45, 7) is 0.553. The number of hydrogen-bond donors (Lipinski definition) is 1. The summed E-state index contributed by atoms with van der Waals surface area (Å²) in [5.74, 6) is 0.0564. The van der Waals surface area contributed by atoms with Crippen molar-refractivity contribution in [1.82, 2.24) is 4.90 Å². The van der Waals surface area contributed by atoms with Gasteiger partial charge in [-0.3, -0.25) is 4.79 Å². The van der Waals surface area contributed by atoms with Crippen molar-refractivity contribution in [3.63, 3.8) is 0 Å². The average Bonchev–Trinajstić information content (AvgIpc) is 2.70. The predicted molar refractivity (Wildman–Crippen MR) is 50.1 cm³/mol. The highest BCUT2D eigenvalue weighted by Crippen LogP contribution is 2.21. The molecule has 0 radical (unpaired) electrons. The van der Waals surface area contributed by atoms with Gasteiger partial charge in [-0.15, -0.1) is 11.3 Å². The van der Waals surface area contributed by atoms with Crippen molar-refractivity contribution in [3.05, 3.63) is 22.4 Å². The fraction of sp³-hybridized carbons (Fsp3) is 0.444. The maximum Gasteiger partial charge on any atom is 0.225 e. The van der Waals surface area contributed by atoms with Crippen molar-refractivity contribution in [2.75, 3.05) is 0 Å². The number of thiophene rings is 1. The lowest BCUT2D eigenvalue weighted by molar-refractivity contribution is -0.133. The number of aliphatic hydroxyl groups excluding tert-OH is 1. The van der Waals surface area contributed by atoms with E-state index in [2.05, 4.69) is 0 Å². The molecule has 13 heavy (non-hydrogen) atoms. The second-order valence-electron chi connectivity index (χ2n) is 3.12. The van der Waals surface area contributed by atoms with E-state index in [4.69, 9.17) is 0 Å². The molecule has 2 heterocycles. The zero-order valence-electron chi connectivity index (χ0n) is 7.14. The topological polar surface area (TPSA) is 40.5 Å². The summed E-state index contributed by atoms with van der Waals surface area (Å²) in [5, 5.41) is 11.4. The molecule has 3 nitrogen and oxygen atoms in total. The molecule has 1 amide bonds. The van der Waals surface area contributed by atoms with Gasteiger partial charge in [0, 0.05) is 17.7 Å². The Kier molecular flexibility index (Phi) is 2.33. The fourth-order valence-corrected chi connectivity index (χ4v) is 2.18. The molecule has 0 spiro atoms. The quantitative estimate of drug-likeness (QED) is 0.773. The van der Waals surface area contributed by atoms with Gasteiger partial charge >= 0.3 is 0 Å². The number of nitrogens with zero attached hydrogens (tertiary/aromatic N) is 1. The van der Waals surface area contributed by atoms with Gasteiger partial charge in [-0.1, -0.05) is 6.07 Å². The third-order valence-corrected chi connectivity index (χ3v) is 3.06. The summed E-state index contributed by atoms with van der Waals surface area (Å²) in [6, 6.07) is 3.93. The van der Waals surface area contributed by atoms with E-state index < -0.39 is 6.23 Å². The van der Waals surface area contributed by atoms with Gasteiger partial charge in [0.25, 0.3) is 0 Å². The van der Waals surface area contributed by atoms with Crippen molar-refractivity contribution in [3.8, 4) is 0 Å². The third kappa shape index (κ3) is 1.73. The van der Waals surface area contributed by atoms with Crippen LogP contribution >= 0.6 is 11.3 Å².